The molecule has 1 unspecified atom stereocenters. The number of nitrogens with zero attached hydrogens (tertiary/aromatic N) is 4. The molecule has 1 amide bonds. The van der Waals surface area contributed by atoms with Gasteiger partial charge in [-0.1, -0.05) is 37.1 Å². The molecule has 5 rings (SSSR count). The van der Waals surface area contributed by atoms with Crippen LogP contribution in [0.2, 0.25) is 0 Å². The van der Waals surface area contributed by atoms with Crippen LogP contribution < -0.4 is 0 Å². The van der Waals surface area contributed by atoms with Crippen LogP contribution in [0.3, 0.4) is 0 Å². The van der Waals surface area contributed by atoms with Gasteiger partial charge in [0, 0.05) is 48.2 Å². The van der Waals surface area contributed by atoms with E-state index in [9.17, 15) is 23.1 Å². The first-order valence-corrected chi connectivity index (χ1v) is 11.2. The highest BCUT2D eigenvalue weighted by Gasteiger charge is 2.57. The van der Waals surface area contributed by atoms with Gasteiger partial charge in [-0.3, -0.25) is 0 Å². The van der Waals surface area contributed by atoms with Crippen LogP contribution in [0, 0.1) is 0 Å². The van der Waals surface area contributed by atoms with Crippen molar-refractivity contribution in [2.45, 2.75) is 43.5 Å². The van der Waals surface area contributed by atoms with Gasteiger partial charge in [-0.25, -0.2) is 4.79 Å². The number of carbonyl (C=O) groups is 1. The molecule has 0 spiro atoms. The number of rotatable bonds is 3. The Morgan fingerprint density at radius 3 is 2.53 bits per heavy atom. The van der Waals surface area contributed by atoms with Crippen molar-refractivity contribution >= 4 is 27.8 Å². The highest BCUT2D eigenvalue weighted by Crippen LogP contribution is 2.47. The number of aryl methyl sites for hydroxylation is 1. The summed E-state index contributed by atoms with van der Waals surface area (Å²) in [6.45, 7) is 0. The van der Waals surface area contributed by atoms with Gasteiger partial charge in [0.2, 0.25) is 5.60 Å². The van der Waals surface area contributed by atoms with E-state index in [1.54, 1.807) is 47.8 Å². The summed E-state index contributed by atoms with van der Waals surface area (Å²) in [6.07, 6.45) is 1.67. The maximum atomic E-state index is 14.5. The number of para-hydroxylation sites is 1. The van der Waals surface area contributed by atoms with Crippen LogP contribution in [0.4, 0.5) is 18.0 Å². The molecule has 0 bridgehead atoms. The van der Waals surface area contributed by atoms with Crippen LogP contribution in [0.1, 0.15) is 36.8 Å². The SMILES string of the molecule is CN(C(=O)n1ncc2cc(C(O)(c3cn(C)c4ccccc34)C(F)(F)F)ccc21)C1CCCC1. The van der Waals surface area contributed by atoms with Crippen LogP contribution >= 0.6 is 0 Å². The van der Waals surface area contributed by atoms with Gasteiger partial charge >= 0.3 is 12.2 Å². The maximum Gasteiger partial charge on any atom is 0.425 e. The highest BCUT2D eigenvalue weighted by molar-refractivity contribution is 5.91. The predicted octanol–water partition coefficient (Wildman–Crippen LogP) is 5.17. The van der Waals surface area contributed by atoms with Crippen LogP contribution in [0.25, 0.3) is 21.8 Å². The van der Waals surface area contributed by atoms with Crippen molar-refractivity contribution in [3.05, 3.63) is 66.0 Å². The fourth-order valence-electron chi connectivity index (χ4n) is 5.11. The fraction of sp³-hybridized carbons (Fsp3) is 0.360. The molecule has 2 heterocycles. The molecule has 0 saturated heterocycles. The Hall–Kier alpha value is -3.33. The highest BCUT2D eigenvalue weighted by atomic mass is 19.4. The second kappa shape index (κ2) is 7.87. The lowest BCUT2D eigenvalue weighted by molar-refractivity contribution is -0.247. The van der Waals surface area contributed by atoms with Crippen LogP contribution in [-0.2, 0) is 12.6 Å². The van der Waals surface area contributed by atoms with E-state index in [1.807, 2.05) is 0 Å². The van der Waals surface area contributed by atoms with Gasteiger partial charge in [0.05, 0.1) is 11.7 Å². The molecule has 1 saturated carbocycles. The summed E-state index contributed by atoms with van der Waals surface area (Å²) in [5.74, 6) is 0. The number of alkyl halides is 3. The third kappa shape index (κ3) is 3.29. The monoisotopic (exact) mass is 470 g/mol. The number of halogens is 3. The van der Waals surface area contributed by atoms with Crippen molar-refractivity contribution in [1.29, 1.82) is 0 Å². The molecule has 1 N–H and O–H groups in total. The number of fused-ring (bicyclic) bond motifs is 2. The average molecular weight is 470 g/mol. The van der Waals surface area contributed by atoms with Gasteiger partial charge < -0.3 is 14.6 Å². The third-order valence-electron chi connectivity index (χ3n) is 7.04. The van der Waals surface area contributed by atoms with Crippen molar-refractivity contribution in [3.63, 3.8) is 0 Å². The lowest BCUT2D eigenvalue weighted by atomic mass is 9.85. The topological polar surface area (TPSA) is 63.3 Å². The van der Waals surface area contributed by atoms with E-state index in [-0.39, 0.29) is 23.2 Å². The van der Waals surface area contributed by atoms with Crippen LogP contribution in [0.5, 0.6) is 0 Å². The van der Waals surface area contributed by atoms with Gasteiger partial charge in [-0.2, -0.15) is 23.0 Å². The summed E-state index contributed by atoms with van der Waals surface area (Å²) in [4.78, 5) is 14.7. The minimum atomic E-state index is -4.99. The lowest BCUT2D eigenvalue weighted by Gasteiger charge is -2.31. The van der Waals surface area contributed by atoms with Crippen molar-refractivity contribution < 1.29 is 23.1 Å². The molecule has 2 aromatic carbocycles. The first-order valence-electron chi connectivity index (χ1n) is 11.2. The summed E-state index contributed by atoms with van der Waals surface area (Å²) in [5.41, 5.74) is -2.85. The van der Waals surface area contributed by atoms with Crippen molar-refractivity contribution in [2.75, 3.05) is 7.05 Å². The van der Waals surface area contributed by atoms with E-state index in [0.29, 0.717) is 21.8 Å². The molecule has 6 nitrogen and oxygen atoms in total. The van der Waals surface area contributed by atoms with Crippen molar-refractivity contribution in [2.24, 2.45) is 7.05 Å². The normalized spacial score (nSPS) is 16.9. The molecule has 1 fully saturated rings. The molecule has 0 aliphatic heterocycles. The Labute approximate surface area is 194 Å². The van der Waals surface area contributed by atoms with Crippen LogP contribution in [-0.4, -0.2) is 49.7 Å². The Morgan fingerprint density at radius 1 is 1.12 bits per heavy atom. The number of aliphatic hydroxyl groups is 1. The number of aromatic nitrogens is 3. The Morgan fingerprint density at radius 2 is 1.82 bits per heavy atom. The minimum absolute atomic E-state index is 0.132. The summed E-state index contributed by atoms with van der Waals surface area (Å²) in [5, 5.41) is 16.1. The number of amides is 1. The van der Waals surface area contributed by atoms with E-state index < -0.39 is 11.8 Å². The second-order valence-electron chi connectivity index (χ2n) is 9.04. The zero-order chi connectivity index (χ0) is 24.3. The van der Waals surface area contributed by atoms with E-state index >= 15 is 0 Å². The van der Waals surface area contributed by atoms with E-state index in [0.717, 1.165) is 25.7 Å². The quantitative estimate of drug-likeness (QED) is 0.449. The molecular weight excluding hydrogens is 445 g/mol. The molecule has 1 atom stereocenters. The summed E-state index contributed by atoms with van der Waals surface area (Å²) in [7, 11) is 3.37. The predicted molar refractivity (Wildman–Crippen MR) is 123 cm³/mol. The van der Waals surface area contributed by atoms with Gasteiger partial charge in [-0.05, 0) is 36.6 Å². The van der Waals surface area contributed by atoms with Gasteiger partial charge in [-0.15, -0.1) is 0 Å². The van der Waals surface area contributed by atoms with E-state index in [1.165, 1.54) is 35.3 Å². The molecule has 34 heavy (non-hydrogen) atoms. The number of carbonyl (C=O) groups excluding carboxylic acids is 1. The fourth-order valence-corrected chi connectivity index (χ4v) is 5.11. The van der Waals surface area contributed by atoms with Gasteiger partial charge in [0.25, 0.3) is 0 Å². The van der Waals surface area contributed by atoms with Crippen molar-refractivity contribution in [1.82, 2.24) is 19.2 Å². The van der Waals surface area contributed by atoms with E-state index in [4.69, 9.17) is 0 Å². The molecule has 4 aromatic rings. The number of hydrogen-bond donors (Lipinski definition) is 1. The standard InChI is InChI=1S/C25H25F3N4O2/c1-30-15-20(19-9-5-6-10-22(19)30)24(34,25(26,27)28)17-11-12-21-16(13-17)14-29-32(21)23(33)31(2)18-7-3-4-8-18/h5-6,9-15,18,34H,3-4,7-8H2,1-2H3. The molecule has 178 valence electrons. The largest absolute Gasteiger partial charge is 0.425 e. The molecule has 9 heteroatoms. The average Bonchev–Trinajstić information content (AvgIpc) is 3.56. The van der Waals surface area contributed by atoms with Gasteiger partial charge in [0.1, 0.15) is 0 Å². The smallest absolute Gasteiger partial charge is 0.372 e. The molecular formula is C25H25F3N4O2. The molecule has 2 aromatic heterocycles. The number of hydrogen-bond acceptors (Lipinski definition) is 3. The summed E-state index contributed by atoms with van der Waals surface area (Å²) in [6, 6.07) is 10.4. The van der Waals surface area contributed by atoms with E-state index in [2.05, 4.69) is 5.10 Å². The maximum absolute atomic E-state index is 14.5. The molecule has 0 radical (unpaired) electrons. The minimum Gasteiger partial charge on any atom is -0.372 e. The lowest BCUT2D eigenvalue weighted by Crippen LogP contribution is -2.43. The summed E-state index contributed by atoms with van der Waals surface area (Å²) >= 11 is 0. The number of benzene rings is 2. The third-order valence-corrected chi connectivity index (χ3v) is 7.04. The Kier molecular flexibility index (Phi) is 5.20. The first kappa shape index (κ1) is 22.5. The zero-order valence-corrected chi connectivity index (χ0v) is 18.9. The van der Waals surface area contributed by atoms with Gasteiger partial charge in [0.15, 0.2) is 0 Å². The zero-order valence-electron chi connectivity index (χ0n) is 18.9. The summed E-state index contributed by atoms with van der Waals surface area (Å²) < 4.78 is 46.2. The first-order chi connectivity index (χ1) is 16.1. The Bertz CT molecular complexity index is 1380. The Balaban J connectivity index is 1.61. The molecule has 1 aliphatic rings. The second-order valence-corrected chi connectivity index (χ2v) is 9.04. The van der Waals surface area contributed by atoms with Crippen LogP contribution in [0.15, 0.2) is 54.9 Å². The van der Waals surface area contributed by atoms with Crippen molar-refractivity contribution in [3.8, 4) is 0 Å². The molecule has 1 aliphatic carbocycles.